The summed E-state index contributed by atoms with van der Waals surface area (Å²) in [6.07, 6.45) is 0.973. The van der Waals surface area contributed by atoms with E-state index in [0.717, 1.165) is 22.9 Å². The molecule has 6 heteroatoms. The van der Waals surface area contributed by atoms with Crippen molar-refractivity contribution in [2.45, 2.75) is 33.2 Å². The van der Waals surface area contributed by atoms with E-state index < -0.39 is 5.63 Å². The predicted octanol–water partition coefficient (Wildman–Crippen LogP) is 4.57. The minimum Gasteiger partial charge on any atom is -0.482 e. The molecule has 0 saturated heterocycles. The van der Waals surface area contributed by atoms with Crippen LogP contribution in [0.5, 0.6) is 5.75 Å². The molecule has 0 fully saturated rings. The third-order valence-corrected chi connectivity index (χ3v) is 4.92. The van der Waals surface area contributed by atoms with E-state index in [1.54, 1.807) is 13.0 Å². The van der Waals surface area contributed by atoms with Crippen molar-refractivity contribution < 1.29 is 13.9 Å². The summed E-state index contributed by atoms with van der Waals surface area (Å²) < 4.78 is 10.7. The van der Waals surface area contributed by atoms with Gasteiger partial charge in [-0.15, -0.1) is 0 Å². The largest absolute Gasteiger partial charge is 0.482 e. The first-order chi connectivity index (χ1) is 13.4. The molecule has 3 aromatic rings. The van der Waals surface area contributed by atoms with E-state index in [2.05, 4.69) is 24.4 Å². The molecule has 0 aliphatic heterocycles. The highest BCUT2D eigenvalue weighted by Crippen LogP contribution is 2.31. The van der Waals surface area contributed by atoms with Gasteiger partial charge in [-0.1, -0.05) is 42.8 Å². The second kappa shape index (κ2) is 8.48. The van der Waals surface area contributed by atoms with Gasteiger partial charge in [0, 0.05) is 17.5 Å². The van der Waals surface area contributed by atoms with Crippen molar-refractivity contribution in [2.24, 2.45) is 0 Å². The van der Waals surface area contributed by atoms with Gasteiger partial charge in [-0.05, 0) is 43.0 Å². The monoisotopic (exact) mass is 399 g/mol. The third kappa shape index (κ3) is 4.54. The third-order valence-electron chi connectivity index (χ3n) is 4.63. The number of carbonyl (C=O) groups is 1. The van der Waals surface area contributed by atoms with Crippen LogP contribution in [-0.4, -0.2) is 12.5 Å². The Morgan fingerprint density at radius 1 is 1.21 bits per heavy atom. The van der Waals surface area contributed by atoms with Crippen LogP contribution in [-0.2, 0) is 11.2 Å². The summed E-state index contributed by atoms with van der Waals surface area (Å²) in [6.45, 7) is 5.62. The number of benzene rings is 2. The molecular weight excluding hydrogens is 378 g/mol. The molecule has 3 rings (SSSR count). The maximum Gasteiger partial charge on any atom is 0.336 e. The SMILES string of the molecule is CCc1ccc([C@H](C)NC(=O)COc2cc3oc(=O)cc(C)c3cc2Cl)cc1. The van der Waals surface area contributed by atoms with Crippen LogP contribution in [0.2, 0.25) is 5.02 Å². The number of hydrogen-bond donors (Lipinski definition) is 1. The fraction of sp³-hybridized carbons (Fsp3) is 0.273. The molecule has 1 heterocycles. The lowest BCUT2D eigenvalue weighted by atomic mass is 10.1. The molecule has 0 spiro atoms. The van der Waals surface area contributed by atoms with Crippen LogP contribution >= 0.6 is 11.6 Å². The van der Waals surface area contributed by atoms with Crippen LogP contribution in [0, 0.1) is 6.92 Å². The normalized spacial score (nSPS) is 12.0. The summed E-state index contributed by atoms with van der Waals surface area (Å²) in [5.41, 5.74) is 2.96. The van der Waals surface area contributed by atoms with Crippen molar-refractivity contribution >= 4 is 28.5 Å². The van der Waals surface area contributed by atoms with Crippen LogP contribution in [0.15, 0.2) is 51.7 Å². The number of halogens is 1. The van der Waals surface area contributed by atoms with Gasteiger partial charge in [0.25, 0.3) is 5.91 Å². The minimum atomic E-state index is -0.445. The number of ether oxygens (including phenoxy) is 1. The predicted molar refractivity (Wildman–Crippen MR) is 110 cm³/mol. The van der Waals surface area contributed by atoms with Crippen molar-refractivity contribution in [3.8, 4) is 5.75 Å². The second-order valence-electron chi connectivity index (χ2n) is 6.70. The Labute approximate surface area is 168 Å². The van der Waals surface area contributed by atoms with E-state index in [9.17, 15) is 9.59 Å². The zero-order chi connectivity index (χ0) is 20.3. The van der Waals surface area contributed by atoms with Gasteiger partial charge in [-0.2, -0.15) is 0 Å². The molecule has 1 atom stereocenters. The van der Waals surface area contributed by atoms with Crippen molar-refractivity contribution in [1.82, 2.24) is 5.32 Å². The Hall–Kier alpha value is -2.79. The summed E-state index contributed by atoms with van der Waals surface area (Å²) in [4.78, 5) is 23.8. The maximum absolute atomic E-state index is 12.3. The maximum atomic E-state index is 12.3. The smallest absolute Gasteiger partial charge is 0.336 e. The van der Waals surface area contributed by atoms with Gasteiger partial charge >= 0.3 is 5.63 Å². The van der Waals surface area contributed by atoms with Crippen molar-refractivity contribution in [3.05, 3.63) is 74.6 Å². The molecule has 28 heavy (non-hydrogen) atoms. The fourth-order valence-corrected chi connectivity index (χ4v) is 3.20. The Morgan fingerprint density at radius 3 is 2.61 bits per heavy atom. The molecule has 1 amide bonds. The van der Waals surface area contributed by atoms with Gasteiger partial charge in [-0.25, -0.2) is 4.79 Å². The standard InChI is InChI=1S/C22H22ClNO4/c1-4-15-5-7-16(8-6-15)14(3)24-21(25)12-27-20-11-19-17(10-18(20)23)13(2)9-22(26)28-19/h5-11,14H,4,12H2,1-3H3,(H,24,25)/t14-/m0/s1. The van der Waals surface area contributed by atoms with Gasteiger partial charge in [0.05, 0.1) is 11.1 Å². The van der Waals surface area contributed by atoms with Crippen LogP contribution in [0.4, 0.5) is 0 Å². The number of nitrogens with one attached hydrogen (secondary N) is 1. The lowest BCUT2D eigenvalue weighted by Crippen LogP contribution is -2.31. The average molecular weight is 400 g/mol. The molecule has 146 valence electrons. The number of carbonyl (C=O) groups excluding carboxylic acids is 1. The highest BCUT2D eigenvalue weighted by molar-refractivity contribution is 6.32. The van der Waals surface area contributed by atoms with Crippen LogP contribution in [0.3, 0.4) is 0 Å². The van der Waals surface area contributed by atoms with Crippen LogP contribution in [0.25, 0.3) is 11.0 Å². The Morgan fingerprint density at radius 2 is 1.93 bits per heavy atom. The average Bonchev–Trinajstić information content (AvgIpc) is 2.67. The van der Waals surface area contributed by atoms with Crippen LogP contribution < -0.4 is 15.7 Å². The van der Waals surface area contributed by atoms with E-state index in [1.165, 1.54) is 17.7 Å². The molecule has 2 aromatic carbocycles. The summed E-state index contributed by atoms with van der Waals surface area (Å²) in [6, 6.07) is 12.6. The molecular formula is C22H22ClNO4. The highest BCUT2D eigenvalue weighted by atomic mass is 35.5. The van der Waals surface area contributed by atoms with Gasteiger partial charge in [-0.3, -0.25) is 4.79 Å². The van der Waals surface area contributed by atoms with Gasteiger partial charge in [0.1, 0.15) is 11.3 Å². The minimum absolute atomic E-state index is 0.144. The zero-order valence-corrected chi connectivity index (χ0v) is 16.8. The zero-order valence-electron chi connectivity index (χ0n) is 16.0. The van der Waals surface area contributed by atoms with E-state index in [1.807, 2.05) is 19.1 Å². The first kappa shape index (κ1) is 20.0. The highest BCUT2D eigenvalue weighted by Gasteiger charge is 2.13. The molecule has 0 bridgehead atoms. The molecule has 0 aliphatic rings. The molecule has 0 radical (unpaired) electrons. The van der Waals surface area contributed by atoms with Crippen molar-refractivity contribution in [3.63, 3.8) is 0 Å². The fourth-order valence-electron chi connectivity index (χ4n) is 2.98. The van der Waals surface area contributed by atoms with Crippen molar-refractivity contribution in [2.75, 3.05) is 6.61 Å². The van der Waals surface area contributed by atoms with E-state index in [-0.39, 0.29) is 24.3 Å². The summed E-state index contributed by atoms with van der Waals surface area (Å²) >= 11 is 6.25. The lowest BCUT2D eigenvalue weighted by Gasteiger charge is -2.15. The molecule has 0 unspecified atom stereocenters. The second-order valence-corrected chi connectivity index (χ2v) is 7.11. The molecule has 0 aliphatic carbocycles. The van der Waals surface area contributed by atoms with E-state index in [4.69, 9.17) is 20.8 Å². The number of rotatable bonds is 6. The van der Waals surface area contributed by atoms with Gasteiger partial charge in [0.15, 0.2) is 6.61 Å². The topological polar surface area (TPSA) is 68.5 Å². The molecule has 1 N–H and O–H groups in total. The van der Waals surface area contributed by atoms with Gasteiger partial charge < -0.3 is 14.5 Å². The Bertz CT molecular complexity index is 1060. The summed E-state index contributed by atoms with van der Waals surface area (Å²) in [7, 11) is 0. The van der Waals surface area contributed by atoms with E-state index >= 15 is 0 Å². The van der Waals surface area contributed by atoms with Gasteiger partial charge in [0.2, 0.25) is 0 Å². The molecule has 5 nitrogen and oxygen atoms in total. The molecule has 1 aromatic heterocycles. The Balaban J connectivity index is 1.66. The molecule has 0 saturated carbocycles. The summed E-state index contributed by atoms with van der Waals surface area (Å²) in [5, 5.41) is 3.97. The summed E-state index contributed by atoms with van der Waals surface area (Å²) in [5.74, 6) is 0.0203. The number of fused-ring (bicyclic) bond motifs is 1. The number of amides is 1. The number of aryl methyl sites for hydroxylation is 2. The van der Waals surface area contributed by atoms with Crippen LogP contribution in [0.1, 0.15) is 36.6 Å². The first-order valence-electron chi connectivity index (χ1n) is 9.12. The quantitative estimate of drug-likeness (QED) is 0.616. The number of hydrogen-bond acceptors (Lipinski definition) is 4. The van der Waals surface area contributed by atoms with E-state index in [0.29, 0.717) is 10.6 Å². The lowest BCUT2D eigenvalue weighted by molar-refractivity contribution is -0.123. The van der Waals surface area contributed by atoms with Crippen molar-refractivity contribution in [1.29, 1.82) is 0 Å². The first-order valence-corrected chi connectivity index (χ1v) is 9.50. The Kier molecular flexibility index (Phi) is 6.05.